The fraction of sp³-hybridized carbons (Fsp3) is 0.769. The fourth-order valence-corrected chi connectivity index (χ4v) is 3.14. The number of aromatic nitrogens is 2. The van der Waals surface area contributed by atoms with Crippen LogP contribution >= 0.6 is 0 Å². The lowest BCUT2D eigenvalue weighted by Crippen LogP contribution is -2.44. The first kappa shape index (κ1) is 11.2. The Hall–Kier alpha value is -0.870. The van der Waals surface area contributed by atoms with Gasteiger partial charge in [0.15, 0.2) is 0 Å². The molecule has 2 fully saturated rings. The van der Waals surface area contributed by atoms with Crippen molar-refractivity contribution >= 4 is 0 Å². The van der Waals surface area contributed by atoms with Gasteiger partial charge in [-0.2, -0.15) is 5.10 Å². The molecule has 0 saturated carbocycles. The molecule has 2 aliphatic heterocycles. The molecule has 0 bridgehead atoms. The van der Waals surface area contributed by atoms with Crippen LogP contribution in [0.4, 0.5) is 0 Å². The minimum Gasteiger partial charge on any atom is -0.381 e. The van der Waals surface area contributed by atoms with E-state index in [0.29, 0.717) is 5.92 Å². The summed E-state index contributed by atoms with van der Waals surface area (Å²) in [4.78, 5) is 2.66. The van der Waals surface area contributed by atoms with Crippen molar-refractivity contribution in [3.8, 4) is 0 Å². The second-order valence-electron chi connectivity index (χ2n) is 5.19. The Morgan fingerprint density at radius 2 is 2.18 bits per heavy atom. The van der Waals surface area contributed by atoms with Gasteiger partial charge in [0.05, 0.1) is 0 Å². The van der Waals surface area contributed by atoms with E-state index in [1.165, 1.54) is 44.5 Å². The zero-order valence-electron chi connectivity index (χ0n) is 10.3. The number of H-pyrrole nitrogens is 1. The lowest BCUT2D eigenvalue weighted by molar-refractivity contribution is 0.0237. The van der Waals surface area contributed by atoms with E-state index in [1.54, 1.807) is 0 Å². The molecule has 0 aliphatic carbocycles. The minimum atomic E-state index is 0.647. The van der Waals surface area contributed by atoms with Crippen LogP contribution in [0.1, 0.15) is 37.3 Å². The molecule has 3 rings (SSSR count). The summed E-state index contributed by atoms with van der Waals surface area (Å²) in [7, 11) is 0. The molecule has 94 valence electrons. The molecule has 1 atom stereocenters. The normalized spacial score (nSPS) is 28.4. The van der Waals surface area contributed by atoms with Crippen LogP contribution in [0.2, 0.25) is 0 Å². The van der Waals surface area contributed by atoms with Crippen LogP contribution in [0, 0.1) is 0 Å². The van der Waals surface area contributed by atoms with E-state index in [-0.39, 0.29) is 0 Å². The molecule has 4 heteroatoms. The first-order valence-corrected chi connectivity index (χ1v) is 6.74. The first-order valence-electron chi connectivity index (χ1n) is 6.74. The molecule has 1 aromatic rings. The highest BCUT2D eigenvalue weighted by atomic mass is 16.5. The maximum absolute atomic E-state index is 5.45. The van der Waals surface area contributed by atoms with Gasteiger partial charge < -0.3 is 4.74 Å². The molecule has 0 aromatic carbocycles. The van der Waals surface area contributed by atoms with E-state index in [4.69, 9.17) is 4.74 Å². The second-order valence-corrected chi connectivity index (χ2v) is 5.19. The summed E-state index contributed by atoms with van der Waals surface area (Å²) in [6.07, 6.45) is 6.87. The van der Waals surface area contributed by atoms with Gasteiger partial charge in [0.1, 0.15) is 0 Å². The molecular weight excluding hydrogens is 214 g/mol. The van der Waals surface area contributed by atoms with Crippen molar-refractivity contribution in [1.29, 1.82) is 0 Å². The summed E-state index contributed by atoms with van der Waals surface area (Å²) in [5.74, 6) is 0.647. The first-order chi connectivity index (χ1) is 8.43. The highest BCUT2D eigenvalue weighted by molar-refractivity contribution is 5.07. The molecule has 0 amide bonds. The average Bonchev–Trinajstić information content (AvgIpc) is 2.94. The molecule has 0 unspecified atom stereocenters. The predicted octanol–water partition coefficient (Wildman–Crippen LogP) is 1.77. The number of piperidine rings is 1. The lowest BCUT2D eigenvalue weighted by Gasteiger charge is -2.39. The molecule has 17 heavy (non-hydrogen) atoms. The van der Waals surface area contributed by atoms with Crippen molar-refractivity contribution in [3.05, 3.63) is 18.0 Å². The molecule has 1 aromatic heterocycles. The Morgan fingerprint density at radius 3 is 2.94 bits per heavy atom. The minimum absolute atomic E-state index is 0.647. The zero-order valence-corrected chi connectivity index (χ0v) is 10.3. The third-order valence-electron chi connectivity index (χ3n) is 4.12. The number of ether oxygens (including phenoxy) is 1. The molecule has 0 spiro atoms. The van der Waals surface area contributed by atoms with Crippen LogP contribution in [-0.4, -0.2) is 47.4 Å². The summed E-state index contributed by atoms with van der Waals surface area (Å²) in [6, 6.07) is 2.87. The Labute approximate surface area is 102 Å². The standard InChI is InChI=1S/C13H21N3O/c1-2-11(13-3-6-14-15-13)10-16(7-1)12-4-8-17-9-5-12/h3,6,11-12H,1-2,4-5,7-10H2,(H,14,15)/t11-/m0/s1. The molecule has 2 saturated heterocycles. The second kappa shape index (κ2) is 5.19. The number of likely N-dealkylation sites (tertiary alicyclic amines) is 1. The highest BCUT2D eigenvalue weighted by Crippen LogP contribution is 2.28. The van der Waals surface area contributed by atoms with Crippen molar-refractivity contribution in [3.63, 3.8) is 0 Å². The summed E-state index contributed by atoms with van der Waals surface area (Å²) in [5.41, 5.74) is 1.31. The van der Waals surface area contributed by atoms with Gasteiger partial charge in [0, 0.05) is 43.6 Å². The maximum Gasteiger partial charge on any atom is 0.0490 e. The molecule has 4 nitrogen and oxygen atoms in total. The van der Waals surface area contributed by atoms with E-state index in [2.05, 4.69) is 21.2 Å². The van der Waals surface area contributed by atoms with Gasteiger partial charge in [0.2, 0.25) is 0 Å². The van der Waals surface area contributed by atoms with Crippen LogP contribution in [0.15, 0.2) is 12.3 Å². The lowest BCUT2D eigenvalue weighted by atomic mass is 9.92. The highest BCUT2D eigenvalue weighted by Gasteiger charge is 2.28. The van der Waals surface area contributed by atoms with Crippen LogP contribution in [0.5, 0.6) is 0 Å². The number of nitrogens with one attached hydrogen (secondary N) is 1. The summed E-state index contributed by atoms with van der Waals surface area (Å²) >= 11 is 0. The van der Waals surface area contributed by atoms with Gasteiger partial charge >= 0.3 is 0 Å². The molecular formula is C13H21N3O. The van der Waals surface area contributed by atoms with E-state index in [1.807, 2.05) is 6.20 Å². The van der Waals surface area contributed by atoms with Gasteiger partial charge in [-0.15, -0.1) is 0 Å². The van der Waals surface area contributed by atoms with E-state index in [0.717, 1.165) is 19.3 Å². The van der Waals surface area contributed by atoms with Crippen LogP contribution in [-0.2, 0) is 4.74 Å². The van der Waals surface area contributed by atoms with E-state index in [9.17, 15) is 0 Å². The Kier molecular flexibility index (Phi) is 3.43. The van der Waals surface area contributed by atoms with Crippen molar-refractivity contribution in [2.75, 3.05) is 26.3 Å². The quantitative estimate of drug-likeness (QED) is 0.849. The van der Waals surface area contributed by atoms with Crippen LogP contribution in [0.3, 0.4) is 0 Å². The van der Waals surface area contributed by atoms with Crippen LogP contribution < -0.4 is 0 Å². The monoisotopic (exact) mass is 235 g/mol. The van der Waals surface area contributed by atoms with Crippen LogP contribution in [0.25, 0.3) is 0 Å². The smallest absolute Gasteiger partial charge is 0.0490 e. The third-order valence-corrected chi connectivity index (χ3v) is 4.12. The molecule has 1 N–H and O–H groups in total. The van der Waals surface area contributed by atoms with Gasteiger partial charge in [-0.25, -0.2) is 0 Å². The van der Waals surface area contributed by atoms with E-state index >= 15 is 0 Å². The third kappa shape index (κ3) is 2.53. The Morgan fingerprint density at radius 1 is 1.29 bits per heavy atom. The van der Waals surface area contributed by atoms with Gasteiger partial charge in [-0.05, 0) is 38.3 Å². The molecule has 3 heterocycles. The van der Waals surface area contributed by atoms with Crippen molar-refractivity contribution in [1.82, 2.24) is 15.1 Å². The molecule has 2 aliphatic rings. The number of aromatic amines is 1. The number of nitrogens with zero attached hydrogens (tertiary/aromatic N) is 2. The van der Waals surface area contributed by atoms with Gasteiger partial charge in [-0.3, -0.25) is 10.00 Å². The number of hydrogen-bond donors (Lipinski definition) is 1. The van der Waals surface area contributed by atoms with Gasteiger partial charge in [0.25, 0.3) is 0 Å². The summed E-state index contributed by atoms with van der Waals surface area (Å²) in [5, 5.41) is 7.20. The Bertz CT molecular complexity index is 332. The summed E-state index contributed by atoms with van der Waals surface area (Å²) < 4.78 is 5.45. The topological polar surface area (TPSA) is 41.1 Å². The number of rotatable bonds is 2. The van der Waals surface area contributed by atoms with E-state index < -0.39 is 0 Å². The maximum atomic E-state index is 5.45. The van der Waals surface area contributed by atoms with Gasteiger partial charge in [-0.1, -0.05) is 0 Å². The fourth-order valence-electron chi connectivity index (χ4n) is 3.14. The SMILES string of the molecule is c1cc([C@H]2CCCN(C3CCOCC3)C2)[nH]n1. The van der Waals surface area contributed by atoms with Crippen molar-refractivity contribution in [2.45, 2.75) is 37.6 Å². The zero-order chi connectivity index (χ0) is 11.5. The van der Waals surface area contributed by atoms with Crippen molar-refractivity contribution in [2.24, 2.45) is 0 Å². The molecule has 0 radical (unpaired) electrons. The summed E-state index contributed by atoms with van der Waals surface area (Å²) in [6.45, 7) is 4.33. The largest absolute Gasteiger partial charge is 0.381 e. The van der Waals surface area contributed by atoms with Crippen molar-refractivity contribution < 1.29 is 4.74 Å². The average molecular weight is 235 g/mol. The Balaban J connectivity index is 1.63. The predicted molar refractivity (Wildman–Crippen MR) is 66.0 cm³/mol. The number of hydrogen-bond acceptors (Lipinski definition) is 3.